The Morgan fingerprint density at radius 1 is 1.44 bits per heavy atom. The van der Waals surface area contributed by atoms with Gasteiger partial charge in [0.15, 0.2) is 0 Å². The number of hydrogen-bond donors (Lipinski definition) is 1. The van der Waals surface area contributed by atoms with Crippen LogP contribution in [0, 0.1) is 0 Å². The number of thiophene rings is 1. The molecule has 0 radical (unpaired) electrons. The summed E-state index contributed by atoms with van der Waals surface area (Å²) in [6.45, 7) is 0.564. The zero-order valence-corrected chi connectivity index (χ0v) is 11.5. The average Bonchev–Trinajstić information content (AvgIpc) is 2.84. The first-order chi connectivity index (χ1) is 8.58. The summed E-state index contributed by atoms with van der Waals surface area (Å²) in [5.74, 6) is -0.124. The van der Waals surface area contributed by atoms with Gasteiger partial charge in [-0.25, -0.2) is 0 Å². The standard InChI is InChI=1S/C13H13ClN2OS/c1-16(7-9-4-5-18-8-9)13(17)11-6-10(14)2-3-12(11)15/h2-6,8H,7,15H2,1H3. The second-order valence-electron chi connectivity index (χ2n) is 4.02. The second-order valence-corrected chi connectivity index (χ2v) is 5.24. The Kier molecular flexibility index (Phi) is 3.89. The molecular weight excluding hydrogens is 268 g/mol. The van der Waals surface area contributed by atoms with E-state index in [1.165, 1.54) is 0 Å². The van der Waals surface area contributed by atoms with Crippen molar-refractivity contribution in [2.75, 3.05) is 12.8 Å². The molecule has 0 atom stereocenters. The van der Waals surface area contributed by atoms with Gasteiger partial charge < -0.3 is 10.6 Å². The largest absolute Gasteiger partial charge is 0.398 e. The van der Waals surface area contributed by atoms with E-state index >= 15 is 0 Å². The van der Waals surface area contributed by atoms with Gasteiger partial charge >= 0.3 is 0 Å². The van der Waals surface area contributed by atoms with E-state index in [1.54, 1.807) is 41.5 Å². The molecule has 0 fully saturated rings. The Hall–Kier alpha value is -1.52. The number of halogens is 1. The van der Waals surface area contributed by atoms with Gasteiger partial charge in [0.2, 0.25) is 0 Å². The molecular formula is C13H13ClN2OS. The maximum absolute atomic E-state index is 12.2. The van der Waals surface area contributed by atoms with Crippen molar-refractivity contribution in [2.24, 2.45) is 0 Å². The molecule has 0 saturated carbocycles. The number of amides is 1. The number of nitrogens with two attached hydrogens (primary N) is 1. The Morgan fingerprint density at radius 3 is 2.89 bits per heavy atom. The fraction of sp³-hybridized carbons (Fsp3) is 0.154. The number of carbonyl (C=O) groups is 1. The van der Waals surface area contributed by atoms with E-state index < -0.39 is 0 Å². The molecule has 2 aromatic rings. The Labute approximate surface area is 115 Å². The van der Waals surface area contributed by atoms with Gasteiger partial charge in [0.25, 0.3) is 5.91 Å². The first-order valence-electron chi connectivity index (χ1n) is 5.39. The third-order valence-electron chi connectivity index (χ3n) is 2.59. The van der Waals surface area contributed by atoms with Gasteiger partial charge in [0, 0.05) is 24.3 Å². The molecule has 0 aliphatic heterocycles. The first-order valence-corrected chi connectivity index (χ1v) is 6.71. The number of nitrogen functional groups attached to an aromatic ring is 1. The lowest BCUT2D eigenvalue weighted by molar-refractivity contribution is 0.0786. The fourth-order valence-corrected chi connectivity index (χ4v) is 2.48. The molecule has 2 rings (SSSR count). The van der Waals surface area contributed by atoms with Gasteiger partial charge in [-0.15, -0.1) is 0 Å². The van der Waals surface area contributed by atoms with Crippen molar-refractivity contribution in [1.29, 1.82) is 0 Å². The summed E-state index contributed by atoms with van der Waals surface area (Å²) in [6, 6.07) is 6.92. The van der Waals surface area contributed by atoms with Crippen molar-refractivity contribution in [2.45, 2.75) is 6.54 Å². The molecule has 1 aromatic carbocycles. The maximum atomic E-state index is 12.2. The molecule has 0 bridgehead atoms. The topological polar surface area (TPSA) is 46.3 Å². The van der Waals surface area contributed by atoms with E-state index in [0.29, 0.717) is 22.8 Å². The van der Waals surface area contributed by atoms with E-state index in [4.69, 9.17) is 17.3 Å². The molecule has 1 heterocycles. The predicted octanol–water partition coefficient (Wildman–Crippen LogP) is 3.26. The summed E-state index contributed by atoms with van der Waals surface area (Å²) in [7, 11) is 1.75. The highest BCUT2D eigenvalue weighted by atomic mass is 35.5. The number of nitrogens with zero attached hydrogens (tertiary/aromatic N) is 1. The summed E-state index contributed by atoms with van der Waals surface area (Å²) in [6.07, 6.45) is 0. The second kappa shape index (κ2) is 5.42. The molecule has 2 N–H and O–H groups in total. The van der Waals surface area contributed by atoms with Crippen molar-refractivity contribution < 1.29 is 4.79 Å². The van der Waals surface area contributed by atoms with Crippen molar-refractivity contribution in [1.82, 2.24) is 4.90 Å². The quantitative estimate of drug-likeness (QED) is 0.877. The van der Waals surface area contributed by atoms with Crippen LogP contribution in [0.4, 0.5) is 5.69 Å². The minimum atomic E-state index is -0.124. The highest BCUT2D eigenvalue weighted by Crippen LogP contribution is 2.20. The zero-order valence-electron chi connectivity index (χ0n) is 9.89. The average molecular weight is 281 g/mol. The molecule has 18 heavy (non-hydrogen) atoms. The lowest BCUT2D eigenvalue weighted by Crippen LogP contribution is -2.26. The van der Waals surface area contributed by atoms with E-state index in [1.807, 2.05) is 16.8 Å². The van der Waals surface area contributed by atoms with Crippen LogP contribution in [0.25, 0.3) is 0 Å². The van der Waals surface area contributed by atoms with Crippen LogP contribution >= 0.6 is 22.9 Å². The Balaban J connectivity index is 2.17. The summed E-state index contributed by atoms with van der Waals surface area (Å²) < 4.78 is 0. The van der Waals surface area contributed by atoms with Crippen LogP contribution in [0.5, 0.6) is 0 Å². The summed E-state index contributed by atoms with van der Waals surface area (Å²) in [5.41, 5.74) is 7.80. The van der Waals surface area contributed by atoms with Gasteiger partial charge in [-0.1, -0.05) is 11.6 Å². The molecule has 0 unspecified atom stereocenters. The van der Waals surface area contributed by atoms with Crippen LogP contribution in [0.15, 0.2) is 35.0 Å². The number of rotatable bonds is 3. The molecule has 0 aliphatic rings. The highest BCUT2D eigenvalue weighted by molar-refractivity contribution is 7.07. The van der Waals surface area contributed by atoms with Crippen LogP contribution in [0.3, 0.4) is 0 Å². The summed E-state index contributed by atoms with van der Waals surface area (Å²) >= 11 is 7.49. The third-order valence-corrected chi connectivity index (χ3v) is 3.56. The van der Waals surface area contributed by atoms with E-state index in [0.717, 1.165) is 5.56 Å². The Bertz CT molecular complexity index is 554. The van der Waals surface area contributed by atoms with Gasteiger partial charge in [0.05, 0.1) is 5.56 Å². The SMILES string of the molecule is CN(Cc1ccsc1)C(=O)c1cc(Cl)ccc1N. The molecule has 3 nitrogen and oxygen atoms in total. The predicted molar refractivity (Wildman–Crippen MR) is 76.0 cm³/mol. The third kappa shape index (κ3) is 2.83. The molecule has 5 heteroatoms. The van der Waals surface area contributed by atoms with Gasteiger partial charge in [0.1, 0.15) is 0 Å². The Morgan fingerprint density at radius 2 is 2.22 bits per heavy atom. The number of hydrogen-bond acceptors (Lipinski definition) is 3. The number of anilines is 1. The van der Waals surface area contributed by atoms with Crippen molar-refractivity contribution in [3.05, 3.63) is 51.2 Å². The fourth-order valence-electron chi connectivity index (χ4n) is 1.65. The molecule has 0 spiro atoms. The zero-order chi connectivity index (χ0) is 13.1. The molecule has 94 valence electrons. The van der Waals surface area contributed by atoms with Crippen LogP contribution in [-0.4, -0.2) is 17.9 Å². The van der Waals surface area contributed by atoms with Crippen molar-refractivity contribution >= 4 is 34.5 Å². The van der Waals surface area contributed by atoms with Gasteiger partial charge in [-0.05, 0) is 40.6 Å². The minimum absolute atomic E-state index is 0.124. The normalized spacial score (nSPS) is 10.3. The number of carbonyl (C=O) groups excluding carboxylic acids is 1. The number of benzene rings is 1. The van der Waals surface area contributed by atoms with Crippen LogP contribution in [0.2, 0.25) is 5.02 Å². The summed E-state index contributed by atoms with van der Waals surface area (Å²) in [4.78, 5) is 13.9. The molecule has 0 saturated heterocycles. The van der Waals surface area contributed by atoms with E-state index in [9.17, 15) is 4.79 Å². The van der Waals surface area contributed by atoms with E-state index in [2.05, 4.69) is 0 Å². The lowest BCUT2D eigenvalue weighted by atomic mass is 10.1. The monoisotopic (exact) mass is 280 g/mol. The molecule has 1 aromatic heterocycles. The van der Waals surface area contributed by atoms with Gasteiger partial charge in [-0.2, -0.15) is 11.3 Å². The minimum Gasteiger partial charge on any atom is -0.398 e. The van der Waals surface area contributed by atoms with E-state index in [-0.39, 0.29) is 5.91 Å². The van der Waals surface area contributed by atoms with Crippen LogP contribution in [-0.2, 0) is 6.54 Å². The highest BCUT2D eigenvalue weighted by Gasteiger charge is 2.15. The smallest absolute Gasteiger partial charge is 0.256 e. The first kappa shape index (κ1) is 12.9. The molecule has 0 aliphatic carbocycles. The van der Waals surface area contributed by atoms with Crippen LogP contribution in [0.1, 0.15) is 15.9 Å². The van der Waals surface area contributed by atoms with Crippen LogP contribution < -0.4 is 5.73 Å². The lowest BCUT2D eigenvalue weighted by Gasteiger charge is -2.17. The van der Waals surface area contributed by atoms with Crippen molar-refractivity contribution in [3.63, 3.8) is 0 Å². The molecule has 1 amide bonds. The summed E-state index contributed by atoms with van der Waals surface area (Å²) in [5, 5.41) is 4.52. The maximum Gasteiger partial charge on any atom is 0.256 e. The van der Waals surface area contributed by atoms with Gasteiger partial charge in [-0.3, -0.25) is 4.79 Å². The van der Waals surface area contributed by atoms with Crippen molar-refractivity contribution in [3.8, 4) is 0 Å².